The maximum absolute atomic E-state index is 12.4. The van der Waals surface area contributed by atoms with E-state index in [0.29, 0.717) is 36.2 Å². The number of hydrogen-bond acceptors (Lipinski definition) is 5. The fraction of sp³-hybridized carbons (Fsp3) is 0.625. The Kier molecular flexibility index (Phi) is 5.05. The first-order chi connectivity index (χ1) is 11.3. The van der Waals surface area contributed by atoms with Gasteiger partial charge in [0.2, 0.25) is 5.89 Å². The lowest BCUT2D eigenvalue weighted by Crippen LogP contribution is -2.27. The molecule has 7 heteroatoms. The van der Waals surface area contributed by atoms with Gasteiger partial charge in [0, 0.05) is 25.3 Å². The highest BCUT2D eigenvalue weighted by molar-refractivity contribution is 5.95. The van der Waals surface area contributed by atoms with Crippen LogP contribution in [0.5, 0.6) is 0 Å². The number of rotatable bonds is 6. The van der Waals surface area contributed by atoms with E-state index in [0.717, 1.165) is 25.0 Å². The van der Waals surface area contributed by atoms with E-state index < -0.39 is 0 Å². The third-order valence-electron chi connectivity index (χ3n) is 4.37. The molecule has 0 radical (unpaired) electrons. The van der Waals surface area contributed by atoms with Crippen molar-refractivity contribution < 1.29 is 9.32 Å². The minimum atomic E-state index is -0.0847. The minimum Gasteiger partial charge on any atom is -0.351 e. The van der Waals surface area contributed by atoms with Crippen molar-refractivity contribution in [1.82, 2.24) is 25.7 Å². The molecule has 0 aliphatic heterocycles. The summed E-state index contributed by atoms with van der Waals surface area (Å²) in [5.74, 6) is 1.59. The van der Waals surface area contributed by atoms with E-state index in [-0.39, 0.29) is 5.91 Å². The van der Waals surface area contributed by atoms with Gasteiger partial charge in [-0.1, -0.05) is 31.3 Å². The van der Waals surface area contributed by atoms with E-state index in [9.17, 15) is 4.79 Å². The predicted molar refractivity (Wildman–Crippen MR) is 84.1 cm³/mol. The van der Waals surface area contributed by atoms with Crippen molar-refractivity contribution in [2.75, 3.05) is 6.54 Å². The Bertz CT molecular complexity index is 642. The van der Waals surface area contributed by atoms with Gasteiger partial charge in [0.25, 0.3) is 5.91 Å². The lowest BCUT2D eigenvalue weighted by Gasteiger charge is -2.21. The standard InChI is InChI=1S/C16H23N5O2/c1-2-14-19-13(21-23-14)8-9-17-16(22)12-10-18-20-15(12)11-6-4-3-5-7-11/h10-11H,2-9H2,1H3,(H,17,22)(H,18,20). The molecule has 7 nitrogen and oxygen atoms in total. The molecule has 1 amide bonds. The monoisotopic (exact) mass is 317 g/mol. The normalized spacial score (nSPS) is 15.7. The van der Waals surface area contributed by atoms with Crippen molar-refractivity contribution >= 4 is 5.91 Å². The fourth-order valence-electron chi connectivity index (χ4n) is 3.10. The Balaban J connectivity index is 1.55. The molecule has 2 N–H and O–H groups in total. The molecule has 1 aliphatic rings. The van der Waals surface area contributed by atoms with Crippen LogP contribution in [0.25, 0.3) is 0 Å². The predicted octanol–water partition coefficient (Wildman–Crippen LogP) is 2.38. The number of aromatic amines is 1. The van der Waals surface area contributed by atoms with Crippen molar-refractivity contribution in [3.63, 3.8) is 0 Å². The van der Waals surface area contributed by atoms with Crippen LogP contribution in [0, 0.1) is 0 Å². The average molecular weight is 317 g/mol. The number of aryl methyl sites for hydroxylation is 1. The molecule has 0 atom stereocenters. The number of carbonyl (C=O) groups excluding carboxylic acids is 1. The van der Waals surface area contributed by atoms with Crippen LogP contribution < -0.4 is 5.32 Å². The molecule has 1 aliphatic carbocycles. The summed E-state index contributed by atoms with van der Waals surface area (Å²) in [4.78, 5) is 16.6. The fourth-order valence-corrected chi connectivity index (χ4v) is 3.10. The molecular weight excluding hydrogens is 294 g/mol. The second-order valence-corrected chi connectivity index (χ2v) is 6.00. The van der Waals surface area contributed by atoms with Crippen LogP contribution in [-0.2, 0) is 12.8 Å². The Hall–Kier alpha value is -2.18. The minimum absolute atomic E-state index is 0.0847. The Labute approximate surface area is 135 Å². The number of nitrogens with zero attached hydrogens (tertiary/aromatic N) is 3. The van der Waals surface area contributed by atoms with Gasteiger partial charge in [-0.2, -0.15) is 10.1 Å². The highest BCUT2D eigenvalue weighted by Crippen LogP contribution is 2.33. The molecule has 124 valence electrons. The topological polar surface area (TPSA) is 96.7 Å². The number of carbonyl (C=O) groups is 1. The first kappa shape index (κ1) is 15.7. The second-order valence-electron chi connectivity index (χ2n) is 6.00. The molecule has 0 spiro atoms. The van der Waals surface area contributed by atoms with Crippen LogP contribution in [0.2, 0.25) is 0 Å². The molecule has 2 aromatic heterocycles. The van der Waals surface area contributed by atoms with E-state index in [1.807, 2.05) is 6.92 Å². The lowest BCUT2D eigenvalue weighted by molar-refractivity contribution is 0.0952. The van der Waals surface area contributed by atoms with E-state index in [2.05, 4.69) is 25.7 Å². The molecule has 1 saturated carbocycles. The molecule has 0 unspecified atom stereocenters. The summed E-state index contributed by atoms with van der Waals surface area (Å²) < 4.78 is 5.05. The molecule has 23 heavy (non-hydrogen) atoms. The van der Waals surface area contributed by atoms with Gasteiger partial charge in [-0.15, -0.1) is 0 Å². The second kappa shape index (κ2) is 7.39. The van der Waals surface area contributed by atoms with Gasteiger partial charge in [-0.05, 0) is 12.8 Å². The van der Waals surface area contributed by atoms with Crippen molar-refractivity contribution in [3.8, 4) is 0 Å². The maximum Gasteiger partial charge on any atom is 0.254 e. The summed E-state index contributed by atoms with van der Waals surface area (Å²) in [5.41, 5.74) is 1.65. The first-order valence-electron chi connectivity index (χ1n) is 8.41. The molecular formula is C16H23N5O2. The molecule has 0 aromatic carbocycles. The number of nitrogens with one attached hydrogen (secondary N) is 2. The highest BCUT2D eigenvalue weighted by atomic mass is 16.5. The number of amides is 1. The molecule has 3 rings (SSSR count). The summed E-state index contributed by atoms with van der Waals surface area (Å²) >= 11 is 0. The summed E-state index contributed by atoms with van der Waals surface area (Å²) in [6.07, 6.45) is 8.91. The summed E-state index contributed by atoms with van der Waals surface area (Å²) in [7, 11) is 0. The van der Waals surface area contributed by atoms with Crippen LogP contribution in [0.3, 0.4) is 0 Å². The van der Waals surface area contributed by atoms with Crippen LogP contribution in [-0.4, -0.2) is 32.8 Å². The molecule has 2 aromatic rings. The highest BCUT2D eigenvalue weighted by Gasteiger charge is 2.23. The molecule has 0 bridgehead atoms. The Morgan fingerprint density at radius 2 is 2.22 bits per heavy atom. The van der Waals surface area contributed by atoms with Crippen LogP contribution in [0.1, 0.15) is 72.7 Å². The van der Waals surface area contributed by atoms with Gasteiger partial charge < -0.3 is 9.84 Å². The van der Waals surface area contributed by atoms with Gasteiger partial charge in [-0.3, -0.25) is 9.89 Å². The van der Waals surface area contributed by atoms with Crippen molar-refractivity contribution in [2.45, 2.75) is 57.8 Å². The quantitative estimate of drug-likeness (QED) is 0.852. The number of hydrogen-bond donors (Lipinski definition) is 2. The number of aromatic nitrogens is 4. The van der Waals surface area contributed by atoms with Crippen LogP contribution >= 0.6 is 0 Å². The smallest absolute Gasteiger partial charge is 0.254 e. The first-order valence-corrected chi connectivity index (χ1v) is 8.41. The summed E-state index contributed by atoms with van der Waals surface area (Å²) in [6, 6.07) is 0. The van der Waals surface area contributed by atoms with Gasteiger partial charge >= 0.3 is 0 Å². The zero-order valence-electron chi connectivity index (χ0n) is 13.5. The van der Waals surface area contributed by atoms with E-state index in [1.54, 1.807) is 6.20 Å². The van der Waals surface area contributed by atoms with Gasteiger partial charge in [0.05, 0.1) is 17.5 Å². The summed E-state index contributed by atoms with van der Waals surface area (Å²) in [5, 5.41) is 13.9. The molecule has 0 saturated heterocycles. The van der Waals surface area contributed by atoms with Gasteiger partial charge in [0.15, 0.2) is 5.82 Å². The maximum atomic E-state index is 12.4. The van der Waals surface area contributed by atoms with Gasteiger partial charge in [-0.25, -0.2) is 0 Å². The molecule has 2 heterocycles. The SMILES string of the molecule is CCc1nc(CCNC(=O)c2cn[nH]c2C2CCCCC2)no1. The summed E-state index contributed by atoms with van der Waals surface area (Å²) in [6.45, 7) is 2.45. The Morgan fingerprint density at radius 1 is 1.39 bits per heavy atom. The largest absolute Gasteiger partial charge is 0.351 e. The zero-order chi connectivity index (χ0) is 16.1. The van der Waals surface area contributed by atoms with E-state index in [1.165, 1.54) is 19.3 Å². The lowest BCUT2D eigenvalue weighted by atomic mass is 9.85. The average Bonchev–Trinajstić information content (AvgIpc) is 3.24. The number of H-pyrrole nitrogens is 1. The Morgan fingerprint density at radius 3 is 2.96 bits per heavy atom. The third kappa shape index (κ3) is 3.78. The zero-order valence-corrected chi connectivity index (χ0v) is 13.5. The van der Waals surface area contributed by atoms with Gasteiger partial charge in [0.1, 0.15) is 0 Å². The van der Waals surface area contributed by atoms with Crippen LogP contribution in [0.4, 0.5) is 0 Å². The molecule has 1 fully saturated rings. The third-order valence-corrected chi connectivity index (χ3v) is 4.37. The van der Waals surface area contributed by atoms with Crippen LogP contribution in [0.15, 0.2) is 10.7 Å². The van der Waals surface area contributed by atoms with Crippen molar-refractivity contribution in [2.24, 2.45) is 0 Å². The van der Waals surface area contributed by atoms with Crippen molar-refractivity contribution in [3.05, 3.63) is 29.2 Å². The van der Waals surface area contributed by atoms with Crippen molar-refractivity contribution in [1.29, 1.82) is 0 Å². The van der Waals surface area contributed by atoms with E-state index in [4.69, 9.17) is 4.52 Å². The van der Waals surface area contributed by atoms with E-state index >= 15 is 0 Å².